The number of nitro benzene ring substituents is 2. The van der Waals surface area contributed by atoms with Crippen molar-refractivity contribution in [2.75, 3.05) is 18.1 Å². The van der Waals surface area contributed by atoms with Crippen LogP contribution in [0.2, 0.25) is 0 Å². The molecule has 0 aliphatic carbocycles. The first kappa shape index (κ1) is 14.3. The molecule has 8 nitrogen and oxygen atoms in total. The van der Waals surface area contributed by atoms with E-state index in [1.807, 2.05) is 0 Å². The van der Waals surface area contributed by atoms with Gasteiger partial charge in [0.05, 0.1) is 9.85 Å². The van der Waals surface area contributed by atoms with Gasteiger partial charge in [0.25, 0.3) is 11.4 Å². The van der Waals surface area contributed by atoms with Crippen molar-refractivity contribution in [2.45, 2.75) is 0 Å². The summed E-state index contributed by atoms with van der Waals surface area (Å²) >= 11 is 0. The number of nitrogens with zero attached hydrogens (tertiary/aromatic N) is 2. The van der Waals surface area contributed by atoms with Gasteiger partial charge in [0.15, 0.2) is 0 Å². The number of nitrogen functional groups attached to an aromatic ring is 1. The molecule has 0 saturated carbocycles. The smallest absolute Gasteiger partial charge is 0.292 e. The van der Waals surface area contributed by atoms with Gasteiger partial charge in [0.1, 0.15) is 11.4 Å². The van der Waals surface area contributed by atoms with Crippen LogP contribution in [0.1, 0.15) is 0 Å². The van der Waals surface area contributed by atoms with Gasteiger partial charge >= 0.3 is 0 Å². The van der Waals surface area contributed by atoms with E-state index in [0.717, 1.165) is 0 Å². The van der Waals surface area contributed by atoms with Gasteiger partial charge in [-0.05, 0) is 29.3 Å². The maximum Gasteiger partial charge on any atom is 0.292 e. The van der Waals surface area contributed by atoms with E-state index in [1.54, 1.807) is 19.2 Å². The molecule has 0 fully saturated rings. The molecular weight excluding hydrogens is 276 g/mol. The first-order valence-electron chi connectivity index (χ1n) is 5.94. The van der Waals surface area contributed by atoms with Gasteiger partial charge in [0, 0.05) is 19.2 Å². The molecule has 0 atom stereocenters. The first-order chi connectivity index (χ1) is 9.93. The third-order valence-electron chi connectivity index (χ3n) is 3.02. The minimum Gasteiger partial charge on any atom is -0.393 e. The fraction of sp³-hybridized carbons (Fsp3) is 0.0769. The molecule has 0 amide bonds. The number of rotatable bonds is 4. The maximum atomic E-state index is 10.9. The average molecular weight is 288 g/mol. The number of benzene rings is 2. The molecule has 2 aromatic rings. The van der Waals surface area contributed by atoms with Crippen molar-refractivity contribution in [3.05, 3.63) is 56.6 Å². The van der Waals surface area contributed by atoms with Gasteiger partial charge in [-0.25, -0.2) is 0 Å². The predicted molar refractivity (Wildman–Crippen MR) is 79.1 cm³/mol. The topological polar surface area (TPSA) is 124 Å². The predicted octanol–water partition coefficient (Wildman–Crippen LogP) is 2.79. The summed E-state index contributed by atoms with van der Waals surface area (Å²) in [7, 11) is 1.57. The zero-order valence-electron chi connectivity index (χ0n) is 11.1. The van der Waals surface area contributed by atoms with Crippen molar-refractivity contribution >= 4 is 22.7 Å². The van der Waals surface area contributed by atoms with Gasteiger partial charge in [-0.1, -0.05) is 6.07 Å². The molecule has 0 aromatic heterocycles. The van der Waals surface area contributed by atoms with Crippen LogP contribution in [-0.2, 0) is 0 Å². The van der Waals surface area contributed by atoms with Gasteiger partial charge in [-0.2, -0.15) is 0 Å². The van der Waals surface area contributed by atoms with Gasteiger partial charge < -0.3 is 11.1 Å². The SMILES string of the molecule is CNc1cc(-c2ccc(N)c([N+](=O)[O-])c2)ccc1[N+](=O)[O-]. The molecule has 8 heteroatoms. The molecule has 0 aliphatic rings. The Kier molecular flexibility index (Phi) is 3.70. The Labute approximate surface area is 119 Å². The summed E-state index contributed by atoms with van der Waals surface area (Å²) in [6.07, 6.45) is 0. The third kappa shape index (κ3) is 2.73. The molecule has 0 spiro atoms. The van der Waals surface area contributed by atoms with E-state index < -0.39 is 9.85 Å². The third-order valence-corrected chi connectivity index (χ3v) is 3.02. The lowest BCUT2D eigenvalue weighted by molar-refractivity contribution is -0.384. The summed E-state index contributed by atoms with van der Waals surface area (Å²) in [5, 5.41) is 24.5. The van der Waals surface area contributed by atoms with Crippen molar-refractivity contribution in [2.24, 2.45) is 0 Å². The zero-order valence-corrected chi connectivity index (χ0v) is 11.1. The van der Waals surface area contributed by atoms with Crippen LogP contribution >= 0.6 is 0 Å². The Morgan fingerprint density at radius 1 is 0.952 bits per heavy atom. The molecule has 3 N–H and O–H groups in total. The lowest BCUT2D eigenvalue weighted by Gasteiger charge is -2.07. The fourth-order valence-corrected chi connectivity index (χ4v) is 1.96. The van der Waals surface area contributed by atoms with E-state index in [4.69, 9.17) is 5.73 Å². The molecule has 108 valence electrons. The van der Waals surface area contributed by atoms with E-state index in [-0.39, 0.29) is 17.1 Å². The van der Waals surface area contributed by atoms with Crippen LogP contribution in [0.25, 0.3) is 11.1 Å². The highest BCUT2D eigenvalue weighted by Gasteiger charge is 2.16. The van der Waals surface area contributed by atoms with Gasteiger partial charge in [-0.15, -0.1) is 0 Å². The quantitative estimate of drug-likeness (QED) is 0.506. The van der Waals surface area contributed by atoms with Crippen LogP contribution in [0, 0.1) is 20.2 Å². The highest BCUT2D eigenvalue weighted by atomic mass is 16.6. The summed E-state index contributed by atoms with van der Waals surface area (Å²) in [5.74, 6) is 0. The molecule has 2 aromatic carbocycles. The van der Waals surface area contributed by atoms with Crippen molar-refractivity contribution in [3.63, 3.8) is 0 Å². The summed E-state index contributed by atoms with van der Waals surface area (Å²) in [5.41, 5.74) is 6.86. The number of hydrogen-bond acceptors (Lipinski definition) is 6. The lowest BCUT2D eigenvalue weighted by Crippen LogP contribution is -1.98. The van der Waals surface area contributed by atoms with Crippen LogP contribution in [0.4, 0.5) is 22.7 Å². The first-order valence-corrected chi connectivity index (χ1v) is 5.94. The number of hydrogen-bond donors (Lipinski definition) is 2. The van der Waals surface area contributed by atoms with Crippen LogP contribution in [0.3, 0.4) is 0 Å². The fourth-order valence-electron chi connectivity index (χ4n) is 1.96. The van der Waals surface area contributed by atoms with Gasteiger partial charge in [0.2, 0.25) is 0 Å². The van der Waals surface area contributed by atoms with E-state index in [0.29, 0.717) is 16.8 Å². The number of nitrogens with two attached hydrogens (primary N) is 1. The largest absolute Gasteiger partial charge is 0.393 e. The van der Waals surface area contributed by atoms with E-state index in [1.165, 1.54) is 24.3 Å². The van der Waals surface area contributed by atoms with Crippen LogP contribution < -0.4 is 11.1 Å². The molecule has 21 heavy (non-hydrogen) atoms. The second kappa shape index (κ2) is 5.45. The van der Waals surface area contributed by atoms with Crippen molar-refractivity contribution < 1.29 is 9.85 Å². The molecule has 0 heterocycles. The zero-order chi connectivity index (χ0) is 15.6. The molecule has 0 saturated heterocycles. The van der Waals surface area contributed by atoms with Crippen LogP contribution in [-0.4, -0.2) is 16.9 Å². The van der Waals surface area contributed by atoms with Crippen molar-refractivity contribution in [1.82, 2.24) is 0 Å². The molecule has 0 unspecified atom stereocenters. The highest BCUT2D eigenvalue weighted by Crippen LogP contribution is 2.33. The summed E-state index contributed by atoms with van der Waals surface area (Å²) < 4.78 is 0. The Bertz CT molecular complexity index is 730. The average Bonchev–Trinajstić information content (AvgIpc) is 2.46. The second-order valence-corrected chi connectivity index (χ2v) is 4.27. The highest BCUT2D eigenvalue weighted by molar-refractivity contribution is 5.77. The van der Waals surface area contributed by atoms with E-state index in [9.17, 15) is 20.2 Å². The van der Waals surface area contributed by atoms with E-state index >= 15 is 0 Å². The Balaban J connectivity index is 2.55. The second-order valence-electron chi connectivity index (χ2n) is 4.27. The lowest BCUT2D eigenvalue weighted by atomic mass is 10.0. The summed E-state index contributed by atoms with van der Waals surface area (Å²) in [4.78, 5) is 20.7. The molecular formula is C13H12N4O4. The standard InChI is InChI=1S/C13H12N4O4/c1-15-11-6-8(3-5-12(11)16(18)19)9-2-4-10(14)13(7-9)17(20)21/h2-7,15H,14H2,1H3. The summed E-state index contributed by atoms with van der Waals surface area (Å²) in [6, 6.07) is 8.86. The van der Waals surface area contributed by atoms with Crippen LogP contribution in [0.5, 0.6) is 0 Å². The Hall–Kier alpha value is -3.16. The normalized spacial score (nSPS) is 10.1. The van der Waals surface area contributed by atoms with Crippen molar-refractivity contribution in [1.29, 1.82) is 0 Å². The molecule has 0 bridgehead atoms. The summed E-state index contributed by atoms with van der Waals surface area (Å²) in [6.45, 7) is 0. The number of anilines is 2. The monoisotopic (exact) mass is 288 g/mol. The minimum absolute atomic E-state index is 0.0637. The minimum atomic E-state index is -0.566. The Morgan fingerprint density at radius 3 is 2.10 bits per heavy atom. The van der Waals surface area contributed by atoms with Crippen molar-refractivity contribution in [3.8, 4) is 11.1 Å². The molecule has 0 aliphatic heterocycles. The van der Waals surface area contributed by atoms with Gasteiger partial charge in [-0.3, -0.25) is 20.2 Å². The maximum absolute atomic E-state index is 10.9. The number of nitrogens with one attached hydrogen (secondary N) is 1. The van der Waals surface area contributed by atoms with Crippen LogP contribution in [0.15, 0.2) is 36.4 Å². The molecule has 0 radical (unpaired) electrons. The number of nitro groups is 2. The Morgan fingerprint density at radius 2 is 1.52 bits per heavy atom. The molecule has 2 rings (SSSR count). The van der Waals surface area contributed by atoms with E-state index in [2.05, 4.69) is 5.32 Å².